The maximum absolute atomic E-state index is 12.4. The second-order valence-corrected chi connectivity index (χ2v) is 8.75. The zero-order valence-electron chi connectivity index (χ0n) is 15.6. The van der Waals surface area contributed by atoms with E-state index in [-0.39, 0.29) is 12.5 Å². The molecular weight excluding hydrogens is 356 g/mol. The molecule has 0 radical (unpaired) electrons. The van der Waals surface area contributed by atoms with Crippen molar-refractivity contribution in [1.29, 1.82) is 5.26 Å². The summed E-state index contributed by atoms with van der Waals surface area (Å²) in [5.41, 5.74) is 4.51. The van der Waals surface area contributed by atoms with Gasteiger partial charge in [-0.05, 0) is 79.7 Å². The van der Waals surface area contributed by atoms with E-state index < -0.39 is 0 Å². The van der Waals surface area contributed by atoms with Crippen molar-refractivity contribution in [2.45, 2.75) is 51.9 Å². The number of nitrogens with one attached hydrogen (secondary N) is 1. The summed E-state index contributed by atoms with van der Waals surface area (Å²) in [6.45, 7) is 2.20. The quantitative estimate of drug-likeness (QED) is 0.840. The Morgan fingerprint density at radius 1 is 1.30 bits per heavy atom. The number of fused-ring (bicyclic) bond motifs is 2. The molecule has 0 saturated heterocycles. The second-order valence-electron chi connectivity index (χ2n) is 7.64. The lowest BCUT2D eigenvalue weighted by Crippen LogP contribution is -2.20. The van der Waals surface area contributed by atoms with Crippen LogP contribution in [0.1, 0.15) is 53.3 Å². The number of aryl methyl sites for hydroxylation is 2. The normalized spacial score (nSPS) is 18.1. The highest BCUT2D eigenvalue weighted by Gasteiger charge is 2.24. The summed E-state index contributed by atoms with van der Waals surface area (Å²) in [6, 6.07) is 8.41. The molecular formula is C22H24N2O2S. The third kappa shape index (κ3) is 3.86. The number of carbonyl (C=O) groups is 1. The molecule has 5 heteroatoms. The molecule has 1 unspecified atom stereocenters. The van der Waals surface area contributed by atoms with Crippen molar-refractivity contribution in [3.05, 3.63) is 45.3 Å². The average molecular weight is 381 g/mol. The van der Waals surface area contributed by atoms with E-state index in [0.29, 0.717) is 16.5 Å². The van der Waals surface area contributed by atoms with E-state index in [4.69, 9.17) is 4.74 Å². The first-order valence-corrected chi connectivity index (χ1v) is 10.5. The monoisotopic (exact) mass is 380 g/mol. The number of benzene rings is 1. The Balaban J connectivity index is 1.41. The number of amides is 1. The van der Waals surface area contributed by atoms with Gasteiger partial charge in [0.25, 0.3) is 5.91 Å². The van der Waals surface area contributed by atoms with Crippen molar-refractivity contribution in [3.8, 4) is 11.8 Å². The van der Waals surface area contributed by atoms with Crippen LogP contribution in [0.25, 0.3) is 0 Å². The molecule has 2 aliphatic rings. The SMILES string of the molecule is CC1CCc2c(sc(NC(=O)COc3ccc4c(c3)CCCC4)c2C#N)C1. The van der Waals surface area contributed by atoms with Crippen molar-refractivity contribution in [3.63, 3.8) is 0 Å². The fourth-order valence-electron chi connectivity index (χ4n) is 4.07. The Labute approximate surface area is 164 Å². The molecule has 1 heterocycles. The highest BCUT2D eigenvalue weighted by atomic mass is 32.1. The highest BCUT2D eigenvalue weighted by molar-refractivity contribution is 7.16. The molecule has 140 valence electrons. The van der Waals surface area contributed by atoms with E-state index >= 15 is 0 Å². The first-order valence-electron chi connectivity index (χ1n) is 9.73. The van der Waals surface area contributed by atoms with E-state index in [1.165, 1.54) is 28.8 Å². The third-order valence-corrected chi connectivity index (χ3v) is 6.74. The fraction of sp³-hybridized carbons (Fsp3) is 0.455. The summed E-state index contributed by atoms with van der Waals surface area (Å²) in [4.78, 5) is 13.6. The second kappa shape index (κ2) is 7.74. The third-order valence-electron chi connectivity index (χ3n) is 5.57. The van der Waals surface area contributed by atoms with Gasteiger partial charge in [-0.1, -0.05) is 13.0 Å². The van der Waals surface area contributed by atoms with Crippen LogP contribution in [0.2, 0.25) is 0 Å². The van der Waals surface area contributed by atoms with Crippen LogP contribution in [-0.4, -0.2) is 12.5 Å². The molecule has 1 aromatic heterocycles. The first-order chi connectivity index (χ1) is 13.1. The van der Waals surface area contributed by atoms with Gasteiger partial charge in [0, 0.05) is 4.88 Å². The Morgan fingerprint density at radius 2 is 2.11 bits per heavy atom. The van der Waals surface area contributed by atoms with Gasteiger partial charge in [0.2, 0.25) is 0 Å². The number of hydrogen-bond donors (Lipinski definition) is 1. The number of ether oxygens (including phenoxy) is 1. The lowest BCUT2D eigenvalue weighted by Gasteiger charge is -2.17. The zero-order chi connectivity index (χ0) is 18.8. The number of hydrogen-bond acceptors (Lipinski definition) is 4. The molecule has 0 saturated carbocycles. The van der Waals surface area contributed by atoms with E-state index in [1.54, 1.807) is 11.3 Å². The molecule has 2 aromatic rings. The Morgan fingerprint density at radius 3 is 2.93 bits per heavy atom. The van der Waals surface area contributed by atoms with Crippen molar-refractivity contribution in [1.82, 2.24) is 0 Å². The van der Waals surface area contributed by atoms with E-state index in [1.807, 2.05) is 6.07 Å². The summed E-state index contributed by atoms with van der Waals surface area (Å²) in [5.74, 6) is 1.17. The summed E-state index contributed by atoms with van der Waals surface area (Å²) in [6.07, 6.45) is 7.72. The predicted molar refractivity (Wildman–Crippen MR) is 107 cm³/mol. The predicted octanol–water partition coefficient (Wildman–Crippen LogP) is 4.64. The van der Waals surface area contributed by atoms with Crippen LogP contribution in [0.3, 0.4) is 0 Å². The van der Waals surface area contributed by atoms with Gasteiger partial charge in [0.05, 0.1) is 5.56 Å². The standard InChI is InChI=1S/C22H24N2O2S/c1-14-6-9-18-19(12-23)22(27-20(18)10-14)24-21(25)13-26-17-8-7-15-4-2-3-5-16(15)11-17/h7-8,11,14H,2-6,9-10,13H2,1H3,(H,24,25). The van der Waals surface area contributed by atoms with Crippen LogP contribution in [0.4, 0.5) is 5.00 Å². The molecule has 2 aliphatic carbocycles. The highest BCUT2D eigenvalue weighted by Crippen LogP contribution is 2.39. The molecule has 0 bridgehead atoms. The van der Waals surface area contributed by atoms with Crippen LogP contribution in [-0.2, 0) is 30.5 Å². The average Bonchev–Trinajstić information content (AvgIpc) is 3.02. The van der Waals surface area contributed by atoms with Crippen LogP contribution < -0.4 is 10.1 Å². The van der Waals surface area contributed by atoms with Crippen LogP contribution in [0, 0.1) is 17.2 Å². The molecule has 1 amide bonds. The van der Waals surface area contributed by atoms with Crippen molar-refractivity contribution >= 4 is 22.2 Å². The molecule has 1 N–H and O–H groups in total. The number of rotatable bonds is 4. The fourth-order valence-corrected chi connectivity index (χ4v) is 5.45. The molecule has 27 heavy (non-hydrogen) atoms. The minimum absolute atomic E-state index is 0.0391. The minimum Gasteiger partial charge on any atom is -0.484 e. The molecule has 4 nitrogen and oxygen atoms in total. The van der Waals surface area contributed by atoms with Crippen molar-refractivity contribution in [2.24, 2.45) is 5.92 Å². The van der Waals surface area contributed by atoms with E-state index in [0.717, 1.165) is 43.4 Å². The Bertz CT molecular complexity index is 910. The summed E-state index contributed by atoms with van der Waals surface area (Å²) in [5, 5.41) is 13.1. The summed E-state index contributed by atoms with van der Waals surface area (Å²) in [7, 11) is 0. The Hall–Kier alpha value is -2.32. The summed E-state index contributed by atoms with van der Waals surface area (Å²) < 4.78 is 5.71. The van der Waals surface area contributed by atoms with E-state index in [2.05, 4.69) is 30.4 Å². The topological polar surface area (TPSA) is 62.1 Å². The van der Waals surface area contributed by atoms with Gasteiger partial charge in [-0.2, -0.15) is 5.26 Å². The lowest BCUT2D eigenvalue weighted by atomic mass is 9.89. The number of nitrogens with zero attached hydrogens (tertiary/aromatic N) is 1. The van der Waals surface area contributed by atoms with Crippen LogP contribution >= 0.6 is 11.3 Å². The summed E-state index contributed by atoms with van der Waals surface area (Å²) >= 11 is 1.55. The van der Waals surface area contributed by atoms with Gasteiger partial charge >= 0.3 is 0 Å². The van der Waals surface area contributed by atoms with Crippen LogP contribution in [0.15, 0.2) is 18.2 Å². The van der Waals surface area contributed by atoms with Crippen molar-refractivity contribution < 1.29 is 9.53 Å². The molecule has 1 aromatic carbocycles. The number of thiophene rings is 1. The Kier molecular flexibility index (Phi) is 5.18. The van der Waals surface area contributed by atoms with Gasteiger partial charge in [0.15, 0.2) is 6.61 Å². The van der Waals surface area contributed by atoms with E-state index in [9.17, 15) is 10.1 Å². The molecule has 0 spiro atoms. The lowest BCUT2D eigenvalue weighted by molar-refractivity contribution is -0.118. The molecule has 0 fully saturated rings. The number of nitriles is 1. The molecule has 0 aliphatic heterocycles. The zero-order valence-corrected chi connectivity index (χ0v) is 16.5. The molecule has 1 atom stereocenters. The van der Waals surface area contributed by atoms with Gasteiger partial charge in [-0.25, -0.2) is 0 Å². The molecule has 4 rings (SSSR count). The minimum atomic E-state index is -0.212. The van der Waals surface area contributed by atoms with Gasteiger partial charge < -0.3 is 10.1 Å². The number of carbonyl (C=O) groups excluding carboxylic acids is 1. The van der Waals surface area contributed by atoms with Crippen LogP contribution in [0.5, 0.6) is 5.75 Å². The maximum atomic E-state index is 12.4. The largest absolute Gasteiger partial charge is 0.484 e. The van der Waals surface area contributed by atoms with Gasteiger partial charge in [-0.3, -0.25) is 4.79 Å². The van der Waals surface area contributed by atoms with Gasteiger partial charge in [-0.15, -0.1) is 11.3 Å². The first kappa shape index (κ1) is 18.1. The maximum Gasteiger partial charge on any atom is 0.262 e. The van der Waals surface area contributed by atoms with Gasteiger partial charge in [0.1, 0.15) is 16.8 Å². The number of anilines is 1. The smallest absolute Gasteiger partial charge is 0.262 e. The van der Waals surface area contributed by atoms with Crippen molar-refractivity contribution in [2.75, 3.05) is 11.9 Å².